The quantitative estimate of drug-likeness (QED) is 0.409. The standard InChI is InChI=1S/C26H22N2O5S/c1-18-23(17-24(33-18)20-8-4-2-5-9-20)26(30)27-21-14-12-19(13-15-21)16-25(29)28-34(31,32)22-10-6-3-7-11-22/h2-15,17H,16H2,1H3,(H,27,30)(H,28,29). The summed E-state index contributed by atoms with van der Waals surface area (Å²) >= 11 is 0. The number of carbonyl (C=O) groups is 2. The van der Waals surface area contributed by atoms with Crippen molar-refractivity contribution < 1.29 is 22.4 Å². The van der Waals surface area contributed by atoms with Crippen molar-refractivity contribution in [2.24, 2.45) is 0 Å². The molecule has 0 atom stereocenters. The van der Waals surface area contributed by atoms with E-state index in [4.69, 9.17) is 4.42 Å². The summed E-state index contributed by atoms with van der Waals surface area (Å²) in [7, 11) is -3.92. The van der Waals surface area contributed by atoms with E-state index in [0.29, 0.717) is 28.3 Å². The molecular formula is C26H22N2O5S. The minimum absolute atomic E-state index is 0.0198. The van der Waals surface area contributed by atoms with E-state index in [1.54, 1.807) is 55.5 Å². The number of furan rings is 1. The Morgan fingerprint density at radius 1 is 0.853 bits per heavy atom. The van der Waals surface area contributed by atoms with E-state index in [9.17, 15) is 18.0 Å². The maximum atomic E-state index is 12.7. The third-order valence-corrected chi connectivity index (χ3v) is 6.49. The summed E-state index contributed by atoms with van der Waals surface area (Å²) in [5.41, 5.74) is 2.44. The van der Waals surface area contributed by atoms with Crippen LogP contribution in [0.5, 0.6) is 0 Å². The molecular weight excluding hydrogens is 452 g/mol. The summed E-state index contributed by atoms with van der Waals surface area (Å²) in [5, 5.41) is 2.81. The molecule has 1 aromatic heterocycles. The minimum atomic E-state index is -3.92. The van der Waals surface area contributed by atoms with Crippen molar-refractivity contribution in [1.29, 1.82) is 0 Å². The first-order valence-corrected chi connectivity index (χ1v) is 12.0. The normalized spacial score (nSPS) is 11.1. The van der Waals surface area contributed by atoms with Gasteiger partial charge in [-0.15, -0.1) is 0 Å². The van der Waals surface area contributed by atoms with Gasteiger partial charge in [-0.3, -0.25) is 9.59 Å². The highest BCUT2D eigenvalue weighted by Gasteiger charge is 2.18. The van der Waals surface area contributed by atoms with Crippen LogP contribution in [0.3, 0.4) is 0 Å². The first-order chi connectivity index (χ1) is 16.3. The molecule has 0 saturated carbocycles. The molecule has 4 aromatic rings. The second-order valence-corrected chi connectivity index (χ2v) is 9.30. The number of aryl methyl sites for hydroxylation is 1. The van der Waals surface area contributed by atoms with Gasteiger partial charge < -0.3 is 9.73 Å². The van der Waals surface area contributed by atoms with Gasteiger partial charge in [-0.25, -0.2) is 13.1 Å². The monoisotopic (exact) mass is 474 g/mol. The first-order valence-electron chi connectivity index (χ1n) is 10.5. The number of carbonyl (C=O) groups excluding carboxylic acids is 2. The lowest BCUT2D eigenvalue weighted by molar-refractivity contribution is -0.118. The lowest BCUT2D eigenvalue weighted by Crippen LogP contribution is -2.31. The second-order valence-electron chi connectivity index (χ2n) is 7.62. The Balaban J connectivity index is 1.38. The van der Waals surface area contributed by atoms with Gasteiger partial charge in [-0.2, -0.15) is 0 Å². The summed E-state index contributed by atoms with van der Waals surface area (Å²) in [6.45, 7) is 1.73. The van der Waals surface area contributed by atoms with Gasteiger partial charge in [0.15, 0.2) is 0 Å². The van der Waals surface area contributed by atoms with Crippen LogP contribution in [-0.2, 0) is 21.2 Å². The van der Waals surface area contributed by atoms with Crippen molar-refractivity contribution in [3.63, 3.8) is 0 Å². The number of hydrogen-bond donors (Lipinski definition) is 2. The van der Waals surface area contributed by atoms with Crippen LogP contribution in [0.2, 0.25) is 0 Å². The van der Waals surface area contributed by atoms with E-state index in [1.807, 2.05) is 30.3 Å². The number of benzene rings is 3. The Morgan fingerprint density at radius 2 is 1.47 bits per heavy atom. The van der Waals surface area contributed by atoms with Gasteiger partial charge in [0.1, 0.15) is 11.5 Å². The molecule has 0 fully saturated rings. The summed E-state index contributed by atoms with van der Waals surface area (Å²) in [5.74, 6) is 0.144. The third kappa shape index (κ3) is 5.41. The zero-order chi connectivity index (χ0) is 24.1. The van der Waals surface area contributed by atoms with Crippen molar-refractivity contribution in [2.75, 3.05) is 5.32 Å². The molecule has 0 aliphatic heterocycles. The largest absolute Gasteiger partial charge is 0.461 e. The molecule has 1 heterocycles. The topological polar surface area (TPSA) is 105 Å². The SMILES string of the molecule is Cc1oc(-c2ccccc2)cc1C(=O)Nc1ccc(CC(=O)NS(=O)(=O)c2ccccc2)cc1. The Hall–Kier alpha value is -4.17. The van der Waals surface area contributed by atoms with Crippen molar-refractivity contribution in [3.05, 3.63) is 108 Å². The predicted octanol–water partition coefficient (Wildman–Crippen LogP) is 4.55. The third-order valence-electron chi connectivity index (χ3n) is 5.10. The van der Waals surface area contributed by atoms with Crippen molar-refractivity contribution in [3.8, 4) is 11.3 Å². The van der Waals surface area contributed by atoms with Gasteiger partial charge in [0, 0.05) is 11.3 Å². The highest BCUT2D eigenvalue weighted by molar-refractivity contribution is 7.90. The highest BCUT2D eigenvalue weighted by atomic mass is 32.2. The molecule has 0 unspecified atom stereocenters. The maximum Gasteiger partial charge on any atom is 0.264 e. The minimum Gasteiger partial charge on any atom is -0.461 e. The van der Waals surface area contributed by atoms with Crippen LogP contribution in [0.1, 0.15) is 21.7 Å². The molecule has 3 aromatic carbocycles. The van der Waals surface area contributed by atoms with Gasteiger partial charge in [-0.05, 0) is 42.8 Å². The van der Waals surface area contributed by atoms with Crippen LogP contribution in [0, 0.1) is 6.92 Å². The van der Waals surface area contributed by atoms with Crippen LogP contribution in [0.4, 0.5) is 5.69 Å². The lowest BCUT2D eigenvalue weighted by Gasteiger charge is -2.08. The summed E-state index contributed by atoms with van der Waals surface area (Å²) < 4.78 is 32.4. The maximum absolute atomic E-state index is 12.7. The van der Waals surface area contributed by atoms with Crippen LogP contribution < -0.4 is 10.0 Å². The fourth-order valence-electron chi connectivity index (χ4n) is 3.39. The molecule has 4 rings (SSSR count). The highest BCUT2D eigenvalue weighted by Crippen LogP contribution is 2.26. The number of rotatable bonds is 7. The number of anilines is 1. The Labute approximate surface area is 197 Å². The van der Waals surface area contributed by atoms with Gasteiger partial charge in [0.05, 0.1) is 16.9 Å². The number of amides is 2. The molecule has 0 aliphatic carbocycles. The fourth-order valence-corrected chi connectivity index (χ4v) is 4.39. The van der Waals surface area contributed by atoms with Crippen LogP contribution in [0.25, 0.3) is 11.3 Å². The Morgan fingerprint density at radius 3 is 2.12 bits per heavy atom. The second kappa shape index (κ2) is 9.76. The molecule has 2 amide bonds. The number of nitrogens with one attached hydrogen (secondary N) is 2. The molecule has 0 radical (unpaired) electrons. The number of hydrogen-bond acceptors (Lipinski definition) is 5. The molecule has 34 heavy (non-hydrogen) atoms. The van der Waals surface area contributed by atoms with E-state index in [0.717, 1.165) is 5.56 Å². The molecule has 8 heteroatoms. The Bertz CT molecular complexity index is 1410. The van der Waals surface area contributed by atoms with Crippen LogP contribution >= 0.6 is 0 Å². The van der Waals surface area contributed by atoms with Crippen molar-refractivity contribution in [1.82, 2.24) is 4.72 Å². The van der Waals surface area contributed by atoms with Gasteiger partial charge in [-0.1, -0.05) is 60.7 Å². The van der Waals surface area contributed by atoms with Crippen LogP contribution in [-0.4, -0.2) is 20.2 Å². The molecule has 0 bridgehead atoms. The van der Waals surface area contributed by atoms with E-state index >= 15 is 0 Å². The van der Waals surface area contributed by atoms with Crippen molar-refractivity contribution in [2.45, 2.75) is 18.2 Å². The molecule has 0 spiro atoms. The number of sulfonamides is 1. The van der Waals surface area contributed by atoms with Crippen molar-refractivity contribution >= 4 is 27.5 Å². The smallest absolute Gasteiger partial charge is 0.264 e. The van der Waals surface area contributed by atoms with Gasteiger partial charge >= 0.3 is 0 Å². The first kappa shape index (κ1) is 23.0. The van der Waals surface area contributed by atoms with Gasteiger partial charge in [0.25, 0.3) is 15.9 Å². The molecule has 7 nitrogen and oxygen atoms in total. The zero-order valence-corrected chi connectivity index (χ0v) is 19.1. The predicted molar refractivity (Wildman–Crippen MR) is 129 cm³/mol. The van der Waals surface area contributed by atoms with E-state index < -0.39 is 15.9 Å². The van der Waals surface area contributed by atoms with E-state index in [1.165, 1.54) is 12.1 Å². The van der Waals surface area contributed by atoms with E-state index in [2.05, 4.69) is 10.0 Å². The molecule has 172 valence electrons. The molecule has 0 saturated heterocycles. The molecule has 0 aliphatic rings. The van der Waals surface area contributed by atoms with Gasteiger partial charge in [0.2, 0.25) is 5.91 Å². The zero-order valence-electron chi connectivity index (χ0n) is 18.3. The summed E-state index contributed by atoms with van der Waals surface area (Å²) in [4.78, 5) is 25.0. The lowest BCUT2D eigenvalue weighted by atomic mass is 10.1. The summed E-state index contributed by atoms with van der Waals surface area (Å²) in [6.07, 6.45) is -0.123. The Kier molecular flexibility index (Phi) is 6.60. The van der Waals surface area contributed by atoms with Crippen LogP contribution in [0.15, 0.2) is 100 Å². The van der Waals surface area contributed by atoms with E-state index in [-0.39, 0.29) is 17.2 Å². The molecule has 2 N–H and O–H groups in total. The fraction of sp³-hybridized carbons (Fsp3) is 0.0769. The average molecular weight is 475 g/mol. The average Bonchev–Trinajstić information content (AvgIpc) is 3.23. The summed E-state index contributed by atoms with van der Waals surface area (Å²) in [6, 6.07) is 25.5.